The van der Waals surface area contributed by atoms with Crippen molar-refractivity contribution in [3.63, 3.8) is 0 Å². The second-order valence-electron chi connectivity index (χ2n) is 7.80. The van der Waals surface area contributed by atoms with Gasteiger partial charge in [-0.3, -0.25) is 14.2 Å². The minimum absolute atomic E-state index is 0.105. The SMILES string of the molecule is COCC(C)NC(=O)CSc1nc2sc(C)c(-c3ccc(F)cc3)c2c(=O)n1-c1ccccc1. The number of halogens is 1. The summed E-state index contributed by atoms with van der Waals surface area (Å²) >= 11 is 2.62. The highest BCUT2D eigenvalue weighted by atomic mass is 32.2. The first-order valence-corrected chi connectivity index (χ1v) is 12.5. The number of ether oxygens (including phenoxy) is 1. The Bertz CT molecular complexity index is 1370. The maximum atomic E-state index is 13.9. The molecular weight excluding hydrogens is 473 g/mol. The summed E-state index contributed by atoms with van der Waals surface area (Å²) in [7, 11) is 1.58. The van der Waals surface area contributed by atoms with Gasteiger partial charge >= 0.3 is 0 Å². The monoisotopic (exact) mass is 497 g/mol. The highest BCUT2D eigenvalue weighted by molar-refractivity contribution is 7.99. The Morgan fingerprint density at radius 2 is 1.91 bits per heavy atom. The molecule has 0 aliphatic rings. The first-order chi connectivity index (χ1) is 16.4. The van der Waals surface area contributed by atoms with Crippen LogP contribution in [0.15, 0.2) is 64.5 Å². The predicted molar refractivity (Wildman–Crippen MR) is 136 cm³/mol. The summed E-state index contributed by atoms with van der Waals surface area (Å²) in [6.45, 7) is 4.20. The molecule has 2 aromatic heterocycles. The summed E-state index contributed by atoms with van der Waals surface area (Å²) in [4.78, 5) is 32.6. The van der Waals surface area contributed by atoms with Gasteiger partial charge in [-0.05, 0) is 43.7 Å². The molecule has 34 heavy (non-hydrogen) atoms. The molecule has 0 bridgehead atoms. The van der Waals surface area contributed by atoms with E-state index < -0.39 is 0 Å². The molecule has 4 aromatic rings. The lowest BCUT2D eigenvalue weighted by Gasteiger charge is -2.14. The molecule has 0 radical (unpaired) electrons. The standard InChI is InChI=1S/C25H24FN3O3S2/c1-15(13-32-3)27-20(30)14-33-25-28-23-22(24(31)29(25)19-7-5-4-6-8-19)21(16(2)34-23)17-9-11-18(26)12-10-17/h4-12,15H,13-14H2,1-3H3,(H,27,30). The minimum Gasteiger partial charge on any atom is -0.383 e. The number of aromatic nitrogens is 2. The molecule has 1 N–H and O–H groups in total. The molecule has 6 nitrogen and oxygen atoms in total. The van der Waals surface area contributed by atoms with Crippen molar-refractivity contribution in [1.29, 1.82) is 0 Å². The van der Waals surface area contributed by atoms with E-state index >= 15 is 0 Å². The molecule has 2 aromatic carbocycles. The Hall–Kier alpha value is -3.01. The van der Waals surface area contributed by atoms with Crippen LogP contribution in [0.2, 0.25) is 0 Å². The van der Waals surface area contributed by atoms with Crippen LogP contribution >= 0.6 is 23.1 Å². The molecule has 9 heteroatoms. The lowest BCUT2D eigenvalue weighted by atomic mass is 10.0. The molecule has 0 spiro atoms. The average molecular weight is 498 g/mol. The van der Waals surface area contributed by atoms with Crippen LogP contribution in [-0.2, 0) is 9.53 Å². The highest BCUT2D eigenvalue weighted by Crippen LogP contribution is 2.37. The Morgan fingerprint density at radius 3 is 2.59 bits per heavy atom. The normalized spacial score (nSPS) is 12.1. The number of thioether (sulfide) groups is 1. The van der Waals surface area contributed by atoms with Crippen molar-refractivity contribution in [2.75, 3.05) is 19.5 Å². The minimum atomic E-state index is -0.336. The van der Waals surface area contributed by atoms with Gasteiger partial charge in [0.05, 0.1) is 23.4 Å². The summed E-state index contributed by atoms with van der Waals surface area (Å²) in [6, 6.07) is 15.2. The number of nitrogens with one attached hydrogen (secondary N) is 1. The molecule has 0 aliphatic heterocycles. The first kappa shape index (κ1) is 24.1. The van der Waals surface area contributed by atoms with Crippen molar-refractivity contribution in [3.8, 4) is 16.8 Å². The van der Waals surface area contributed by atoms with Crippen molar-refractivity contribution in [3.05, 3.63) is 75.6 Å². The fourth-order valence-corrected chi connectivity index (χ4v) is 5.66. The lowest BCUT2D eigenvalue weighted by molar-refractivity contribution is -0.119. The van der Waals surface area contributed by atoms with Crippen LogP contribution in [-0.4, -0.2) is 41.0 Å². The van der Waals surface area contributed by atoms with Gasteiger partial charge < -0.3 is 10.1 Å². The zero-order valence-electron chi connectivity index (χ0n) is 19.0. The van der Waals surface area contributed by atoms with E-state index in [1.54, 1.807) is 19.2 Å². The topological polar surface area (TPSA) is 73.2 Å². The molecule has 0 aliphatic carbocycles. The Balaban J connectivity index is 1.81. The van der Waals surface area contributed by atoms with Crippen LogP contribution in [0.1, 0.15) is 11.8 Å². The number of fused-ring (bicyclic) bond motifs is 1. The predicted octanol–water partition coefficient (Wildman–Crippen LogP) is 4.80. The zero-order valence-corrected chi connectivity index (χ0v) is 20.6. The van der Waals surface area contributed by atoms with Gasteiger partial charge in [-0.25, -0.2) is 9.37 Å². The van der Waals surface area contributed by atoms with E-state index in [2.05, 4.69) is 5.32 Å². The number of nitrogens with zero attached hydrogens (tertiary/aromatic N) is 2. The molecule has 4 rings (SSSR count). The lowest BCUT2D eigenvalue weighted by Crippen LogP contribution is -2.36. The molecule has 0 saturated heterocycles. The largest absolute Gasteiger partial charge is 0.383 e. The van der Waals surface area contributed by atoms with Gasteiger partial charge in [-0.2, -0.15) is 0 Å². The van der Waals surface area contributed by atoms with Gasteiger partial charge in [-0.15, -0.1) is 11.3 Å². The summed E-state index contributed by atoms with van der Waals surface area (Å²) in [5.74, 6) is -0.399. The molecule has 2 heterocycles. The van der Waals surface area contributed by atoms with E-state index in [1.165, 1.54) is 39.8 Å². The van der Waals surface area contributed by atoms with Crippen molar-refractivity contribution in [2.24, 2.45) is 0 Å². The van der Waals surface area contributed by atoms with Crippen LogP contribution < -0.4 is 10.9 Å². The third kappa shape index (κ3) is 5.06. The molecule has 1 unspecified atom stereocenters. The van der Waals surface area contributed by atoms with Crippen molar-refractivity contribution in [1.82, 2.24) is 14.9 Å². The quantitative estimate of drug-likeness (QED) is 0.280. The third-order valence-corrected chi connectivity index (χ3v) is 7.11. The fourth-order valence-electron chi connectivity index (χ4n) is 3.75. The van der Waals surface area contributed by atoms with Crippen LogP contribution in [0, 0.1) is 12.7 Å². The summed E-state index contributed by atoms with van der Waals surface area (Å²) in [5, 5.41) is 3.80. The fraction of sp³-hybridized carbons (Fsp3) is 0.240. The number of amides is 1. The van der Waals surface area contributed by atoms with Crippen LogP contribution in [0.3, 0.4) is 0 Å². The second kappa shape index (κ2) is 10.5. The second-order valence-corrected chi connectivity index (χ2v) is 9.95. The molecule has 176 valence electrons. The number of benzene rings is 2. The summed E-state index contributed by atoms with van der Waals surface area (Å²) < 4.78 is 20.1. The van der Waals surface area contributed by atoms with Crippen LogP contribution in [0.25, 0.3) is 27.0 Å². The van der Waals surface area contributed by atoms with E-state index in [4.69, 9.17) is 9.72 Å². The number of carbonyl (C=O) groups excluding carboxylic acids is 1. The van der Waals surface area contributed by atoms with Crippen LogP contribution in [0.5, 0.6) is 0 Å². The van der Waals surface area contributed by atoms with E-state index in [0.29, 0.717) is 27.7 Å². The number of hydrogen-bond donors (Lipinski definition) is 1. The Morgan fingerprint density at radius 1 is 1.21 bits per heavy atom. The molecule has 0 fully saturated rings. The number of carbonyl (C=O) groups is 1. The smallest absolute Gasteiger partial charge is 0.268 e. The number of thiophene rings is 1. The molecule has 1 atom stereocenters. The van der Waals surface area contributed by atoms with Crippen molar-refractivity contribution < 1.29 is 13.9 Å². The summed E-state index contributed by atoms with van der Waals surface area (Å²) in [6.07, 6.45) is 0. The van der Waals surface area contributed by atoms with E-state index in [0.717, 1.165) is 16.0 Å². The van der Waals surface area contributed by atoms with Crippen molar-refractivity contribution in [2.45, 2.75) is 25.0 Å². The number of rotatable bonds is 8. The van der Waals surface area contributed by atoms with Gasteiger partial charge in [0.15, 0.2) is 5.16 Å². The van der Waals surface area contributed by atoms with Gasteiger partial charge in [0.2, 0.25) is 5.91 Å². The number of methoxy groups -OCH3 is 1. The molecular formula is C25H24FN3O3S2. The van der Waals surface area contributed by atoms with Gasteiger partial charge in [-0.1, -0.05) is 42.1 Å². The van der Waals surface area contributed by atoms with Gasteiger partial charge in [0.1, 0.15) is 10.6 Å². The van der Waals surface area contributed by atoms with Gasteiger partial charge in [0, 0.05) is 23.6 Å². The highest BCUT2D eigenvalue weighted by Gasteiger charge is 2.21. The van der Waals surface area contributed by atoms with Crippen LogP contribution in [0.4, 0.5) is 4.39 Å². The third-order valence-electron chi connectivity index (χ3n) is 5.17. The summed E-state index contributed by atoms with van der Waals surface area (Å²) in [5.41, 5.74) is 1.95. The molecule has 1 amide bonds. The number of para-hydroxylation sites is 1. The molecule has 0 saturated carbocycles. The Labute approximate surface area is 204 Å². The average Bonchev–Trinajstić information content (AvgIpc) is 3.15. The van der Waals surface area contributed by atoms with E-state index in [-0.39, 0.29) is 29.1 Å². The number of aryl methyl sites for hydroxylation is 1. The first-order valence-electron chi connectivity index (χ1n) is 10.7. The zero-order chi connectivity index (χ0) is 24.2. The number of hydrogen-bond acceptors (Lipinski definition) is 6. The maximum absolute atomic E-state index is 13.9. The van der Waals surface area contributed by atoms with Gasteiger partial charge in [0.25, 0.3) is 5.56 Å². The maximum Gasteiger partial charge on any atom is 0.268 e. The van der Waals surface area contributed by atoms with E-state index in [1.807, 2.05) is 44.2 Å². The Kier molecular flexibility index (Phi) is 7.45. The van der Waals surface area contributed by atoms with Crippen molar-refractivity contribution >= 4 is 39.2 Å². The van der Waals surface area contributed by atoms with E-state index in [9.17, 15) is 14.0 Å².